The van der Waals surface area contributed by atoms with Crippen LogP contribution in [-0.2, 0) is 21.7 Å². The molecule has 1 atom stereocenters. The second-order valence-electron chi connectivity index (χ2n) is 7.77. The van der Waals surface area contributed by atoms with E-state index in [0.29, 0.717) is 22.1 Å². The number of carbonyl (C=O) groups is 3. The van der Waals surface area contributed by atoms with E-state index in [1.165, 1.54) is 47.4 Å². The normalized spacial score (nSPS) is 18.1. The highest BCUT2D eigenvalue weighted by molar-refractivity contribution is 7.14. The smallest absolute Gasteiger partial charge is 0.319 e. The molecule has 164 valence electrons. The average molecular weight is 453 g/mol. The number of urea groups is 1. The minimum absolute atomic E-state index is 0.0441. The summed E-state index contributed by atoms with van der Waals surface area (Å²) < 4.78 is 13.3. The number of halogens is 1. The third-order valence-corrected chi connectivity index (χ3v) is 6.20. The van der Waals surface area contributed by atoms with Crippen molar-refractivity contribution in [1.29, 1.82) is 0 Å². The molecular weight excluding hydrogens is 431 g/mol. The Balaban J connectivity index is 1.58. The minimum Gasteiger partial charge on any atom is -0.319 e. The quantitative estimate of drug-likeness (QED) is 0.587. The number of nitrogens with one attached hydrogen (secondary N) is 1. The summed E-state index contributed by atoms with van der Waals surface area (Å²) in [4.78, 5) is 45.1. The van der Waals surface area contributed by atoms with Gasteiger partial charge in [0.1, 0.15) is 11.4 Å². The van der Waals surface area contributed by atoms with Crippen LogP contribution in [0.5, 0.6) is 0 Å². The van der Waals surface area contributed by atoms with Crippen molar-refractivity contribution < 1.29 is 18.8 Å². The number of amides is 4. The van der Waals surface area contributed by atoms with Crippen molar-refractivity contribution in [2.45, 2.75) is 32.9 Å². The second-order valence-corrected chi connectivity index (χ2v) is 8.60. The Kier molecular flexibility index (Phi) is 5.52. The maximum Gasteiger partial charge on any atom is 0.325 e. The zero-order chi connectivity index (χ0) is 23.0. The maximum atomic E-state index is 13.3. The Bertz CT molecular complexity index is 1210. The lowest BCUT2D eigenvalue weighted by Crippen LogP contribution is -2.40. The van der Waals surface area contributed by atoms with Gasteiger partial charge in [0.2, 0.25) is 5.91 Å². The highest BCUT2D eigenvalue weighted by atomic mass is 32.1. The van der Waals surface area contributed by atoms with E-state index in [2.05, 4.69) is 10.3 Å². The first kappa shape index (κ1) is 21.6. The van der Waals surface area contributed by atoms with Gasteiger partial charge < -0.3 is 5.32 Å². The first-order valence-electron chi connectivity index (χ1n) is 9.91. The van der Waals surface area contributed by atoms with Crippen LogP contribution in [-0.4, -0.2) is 27.7 Å². The highest BCUT2D eigenvalue weighted by Gasteiger charge is 2.49. The summed E-state index contributed by atoms with van der Waals surface area (Å²) >= 11 is 1.25. The molecule has 0 bridgehead atoms. The monoisotopic (exact) mass is 452 g/mol. The first-order chi connectivity index (χ1) is 15.2. The fourth-order valence-corrected chi connectivity index (χ4v) is 4.53. The third kappa shape index (κ3) is 3.87. The number of hydrogen-bond acceptors (Lipinski definition) is 5. The van der Waals surface area contributed by atoms with E-state index in [4.69, 9.17) is 0 Å². The van der Waals surface area contributed by atoms with Gasteiger partial charge in [-0.2, -0.15) is 0 Å². The number of anilines is 2. The molecule has 0 aliphatic carbocycles. The van der Waals surface area contributed by atoms with Crippen LogP contribution < -0.4 is 10.2 Å². The lowest BCUT2D eigenvalue weighted by molar-refractivity contribution is -0.131. The zero-order valence-electron chi connectivity index (χ0n) is 17.8. The molecule has 9 heteroatoms. The van der Waals surface area contributed by atoms with E-state index in [1.807, 2.05) is 31.2 Å². The number of hydrogen-bond donors (Lipinski definition) is 1. The molecule has 1 saturated heterocycles. The molecule has 0 radical (unpaired) electrons. The Hall–Kier alpha value is -3.59. The van der Waals surface area contributed by atoms with Gasteiger partial charge in [-0.15, -0.1) is 11.3 Å². The van der Waals surface area contributed by atoms with Crippen molar-refractivity contribution in [2.24, 2.45) is 0 Å². The van der Waals surface area contributed by atoms with Crippen LogP contribution in [0.2, 0.25) is 0 Å². The Morgan fingerprint density at radius 3 is 2.59 bits per heavy atom. The molecule has 1 aliphatic rings. The summed E-state index contributed by atoms with van der Waals surface area (Å²) in [5.41, 5.74) is 1.37. The fraction of sp³-hybridized carbons (Fsp3) is 0.217. The Morgan fingerprint density at radius 1 is 1.22 bits per heavy atom. The summed E-state index contributed by atoms with van der Waals surface area (Å²) in [6.45, 7) is 4.93. The lowest BCUT2D eigenvalue weighted by Gasteiger charge is -2.22. The number of aromatic nitrogens is 1. The van der Waals surface area contributed by atoms with Gasteiger partial charge >= 0.3 is 6.03 Å². The van der Waals surface area contributed by atoms with E-state index in [-0.39, 0.29) is 12.5 Å². The van der Waals surface area contributed by atoms with Gasteiger partial charge in [0.05, 0.1) is 17.9 Å². The van der Waals surface area contributed by atoms with Crippen LogP contribution in [0, 0.1) is 12.7 Å². The van der Waals surface area contributed by atoms with Crippen molar-refractivity contribution in [2.75, 3.05) is 4.90 Å². The maximum absolute atomic E-state index is 13.3. The van der Waals surface area contributed by atoms with Gasteiger partial charge in [0, 0.05) is 12.3 Å². The molecule has 4 amide bonds. The van der Waals surface area contributed by atoms with Crippen LogP contribution in [0.3, 0.4) is 0 Å². The number of thiazole rings is 1. The van der Waals surface area contributed by atoms with Gasteiger partial charge in [0.15, 0.2) is 5.13 Å². The van der Waals surface area contributed by atoms with Crippen molar-refractivity contribution in [3.8, 4) is 0 Å². The van der Waals surface area contributed by atoms with E-state index in [9.17, 15) is 18.8 Å². The van der Waals surface area contributed by atoms with E-state index < -0.39 is 23.3 Å². The van der Waals surface area contributed by atoms with Crippen LogP contribution in [0.25, 0.3) is 0 Å². The van der Waals surface area contributed by atoms with Crippen molar-refractivity contribution in [3.63, 3.8) is 0 Å². The minimum atomic E-state index is -1.30. The van der Waals surface area contributed by atoms with Crippen LogP contribution in [0.4, 0.5) is 20.0 Å². The molecule has 1 N–H and O–H groups in total. The SMILES string of the molecule is CC(=O)N(c1cccc(C)c1)c1nc(CN2C(=O)NC(C)(c3ccc(F)cc3)C2=O)cs1. The number of benzene rings is 2. The molecule has 2 aromatic carbocycles. The predicted octanol–water partition coefficient (Wildman–Crippen LogP) is 4.24. The molecular formula is C23H21FN4O3S. The fourth-order valence-electron chi connectivity index (χ4n) is 3.65. The lowest BCUT2D eigenvalue weighted by atomic mass is 9.92. The standard InChI is InChI=1S/C23H21FN4O3S/c1-14-5-4-6-19(11-14)28(15(2)29)22-25-18(13-32-22)12-27-20(30)23(3,26-21(27)31)16-7-9-17(24)10-8-16/h4-11,13H,12H2,1-3H3,(H,26,31). The summed E-state index contributed by atoms with van der Waals surface area (Å²) in [5.74, 6) is -1.08. The molecule has 4 rings (SSSR count). The van der Waals surface area contributed by atoms with Gasteiger partial charge in [-0.3, -0.25) is 19.4 Å². The molecule has 1 aromatic heterocycles. The van der Waals surface area contributed by atoms with Crippen molar-refractivity contribution >= 4 is 40.0 Å². The molecule has 3 aromatic rings. The van der Waals surface area contributed by atoms with E-state index >= 15 is 0 Å². The average Bonchev–Trinajstić information content (AvgIpc) is 3.27. The number of aryl methyl sites for hydroxylation is 1. The molecule has 0 saturated carbocycles. The third-order valence-electron chi connectivity index (χ3n) is 5.32. The molecule has 1 unspecified atom stereocenters. The predicted molar refractivity (Wildman–Crippen MR) is 119 cm³/mol. The summed E-state index contributed by atoms with van der Waals surface area (Å²) in [6.07, 6.45) is 0. The summed E-state index contributed by atoms with van der Waals surface area (Å²) in [5, 5.41) is 4.86. The molecule has 32 heavy (non-hydrogen) atoms. The largest absolute Gasteiger partial charge is 0.325 e. The highest BCUT2D eigenvalue weighted by Crippen LogP contribution is 2.32. The molecule has 2 heterocycles. The van der Waals surface area contributed by atoms with Gasteiger partial charge in [-0.25, -0.2) is 14.2 Å². The molecule has 7 nitrogen and oxygen atoms in total. The van der Waals surface area contributed by atoms with Crippen LogP contribution >= 0.6 is 11.3 Å². The van der Waals surface area contributed by atoms with Gasteiger partial charge in [-0.1, -0.05) is 24.3 Å². The second kappa shape index (κ2) is 8.16. The van der Waals surface area contributed by atoms with Gasteiger partial charge in [-0.05, 0) is 49.2 Å². The van der Waals surface area contributed by atoms with Crippen molar-refractivity contribution in [1.82, 2.24) is 15.2 Å². The topological polar surface area (TPSA) is 82.6 Å². The van der Waals surface area contributed by atoms with Crippen LogP contribution in [0.1, 0.15) is 30.7 Å². The zero-order valence-corrected chi connectivity index (χ0v) is 18.6. The summed E-state index contributed by atoms with van der Waals surface area (Å²) in [6, 6.07) is 12.4. The molecule has 1 fully saturated rings. The number of carbonyl (C=O) groups excluding carboxylic acids is 3. The van der Waals surface area contributed by atoms with E-state index in [0.717, 1.165) is 10.5 Å². The van der Waals surface area contributed by atoms with Crippen molar-refractivity contribution in [3.05, 3.63) is 76.5 Å². The summed E-state index contributed by atoms with van der Waals surface area (Å²) in [7, 11) is 0. The first-order valence-corrected chi connectivity index (χ1v) is 10.8. The van der Waals surface area contributed by atoms with Gasteiger partial charge in [0.25, 0.3) is 5.91 Å². The van der Waals surface area contributed by atoms with Crippen LogP contribution in [0.15, 0.2) is 53.9 Å². The molecule has 1 aliphatic heterocycles. The van der Waals surface area contributed by atoms with E-state index in [1.54, 1.807) is 12.3 Å². The molecule has 0 spiro atoms. The number of imide groups is 1. The number of nitrogens with zero attached hydrogens (tertiary/aromatic N) is 3. The Morgan fingerprint density at radius 2 is 1.94 bits per heavy atom. The number of rotatable bonds is 5. The Labute approximate surface area is 188 Å².